The molecule has 0 radical (unpaired) electrons. The average molecular weight is 343 g/mol. The van der Waals surface area contributed by atoms with Crippen molar-refractivity contribution in [3.63, 3.8) is 0 Å². The smallest absolute Gasteiger partial charge is 0.234 e. The summed E-state index contributed by atoms with van der Waals surface area (Å²) in [5.74, 6) is 0.671. The van der Waals surface area contributed by atoms with Crippen LogP contribution in [0.15, 0.2) is 29.6 Å². The Morgan fingerprint density at radius 2 is 2.04 bits per heavy atom. The molecule has 1 aromatic heterocycles. The van der Waals surface area contributed by atoms with Gasteiger partial charge in [-0.3, -0.25) is 9.69 Å². The standard InChI is InChI=1S/C19H25N3OS/c1-13-4-6-15(7-5-13)19(16-8-9-16)21-18(23)11-22(3)10-17-12-24-14(2)20-17/h4-7,12,16,19H,8-11H2,1-3H3,(H,21,23). The van der Waals surface area contributed by atoms with E-state index in [1.165, 1.54) is 24.0 Å². The van der Waals surface area contributed by atoms with Crippen LogP contribution in [0, 0.1) is 19.8 Å². The summed E-state index contributed by atoms with van der Waals surface area (Å²) in [6.07, 6.45) is 2.40. The van der Waals surface area contributed by atoms with Gasteiger partial charge in [0.2, 0.25) is 5.91 Å². The molecule has 5 heteroatoms. The maximum atomic E-state index is 12.5. The maximum Gasteiger partial charge on any atom is 0.234 e. The van der Waals surface area contributed by atoms with Gasteiger partial charge < -0.3 is 5.32 Å². The molecular formula is C19H25N3OS. The molecule has 1 aromatic carbocycles. The monoisotopic (exact) mass is 343 g/mol. The van der Waals surface area contributed by atoms with Crippen molar-refractivity contribution in [1.82, 2.24) is 15.2 Å². The highest BCUT2D eigenvalue weighted by Crippen LogP contribution is 2.41. The van der Waals surface area contributed by atoms with E-state index in [4.69, 9.17) is 0 Å². The molecule has 1 fully saturated rings. The summed E-state index contributed by atoms with van der Waals surface area (Å²) in [4.78, 5) is 18.9. The molecule has 1 amide bonds. The van der Waals surface area contributed by atoms with E-state index in [0.717, 1.165) is 10.7 Å². The molecule has 1 saturated carbocycles. The highest BCUT2D eigenvalue weighted by Gasteiger charge is 2.33. The molecule has 0 bridgehead atoms. The molecule has 0 saturated heterocycles. The van der Waals surface area contributed by atoms with Crippen molar-refractivity contribution in [2.24, 2.45) is 5.92 Å². The second kappa shape index (κ2) is 7.45. The number of aromatic nitrogens is 1. The minimum atomic E-state index is 0.0851. The topological polar surface area (TPSA) is 45.2 Å². The zero-order valence-electron chi connectivity index (χ0n) is 14.6. The van der Waals surface area contributed by atoms with E-state index >= 15 is 0 Å². The first-order valence-electron chi connectivity index (χ1n) is 8.47. The largest absolute Gasteiger partial charge is 0.348 e. The molecule has 1 unspecified atom stereocenters. The van der Waals surface area contributed by atoms with Crippen molar-refractivity contribution >= 4 is 17.2 Å². The third-order valence-electron chi connectivity index (χ3n) is 4.36. The second-order valence-electron chi connectivity index (χ2n) is 6.82. The first kappa shape index (κ1) is 17.1. The van der Waals surface area contributed by atoms with Crippen molar-refractivity contribution in [1.29, 1.82) is 0 Å². The number of thiazole rings is 1. The Labute approximate surface area is 147 Å². The number of hydrogen-bond donors (Lipinski definition) is 1. The molecule has 128 valence electrons. The van der Waals surface area contributed by atoms with Crippen molar-refractivity contribution in [2.45, 2.75) is 39.3 Å². The molecule has 1 atom stereocenters. The van der Waals surface area contributed by atoms with Gasteiger partial charge in [0.1, 0.15) is 0 Å². The van der Waals surface area contributed by atoms with Gasteiger partial charge in [0.25, 0.3) is 0 Å². The fourth-order valence-electron chi connectivity index (χ4n) is 2.95. The number of nitrogens with one attached hydrogen (secondary N) is 1. The van der Waals surface area contributed by atoms with Crippen LogP contribution in [0.4, 0.5) is 0 Å². The predicted octanol–water partition coefficient (Wildman–Crippen LogP) is 3.46. The number of nitrogens with zero attached hydrogens (tertiary/aromatic N) is 2. The van der Waals surface area contributed by atoms with E-state index in [-0.39, 0.29) is 11.9 Å². The van der Waals surface area contributed by atoms with E-state index in [2.05, 4.69) is 46.9 Å². The number of amides is 1. The Balaban J connectivity index is 1.56. The van der Waals surface area contributed by atoms with Crippen LogP contribution in [-0.2, 0) is 11.3 Å². The lowest BCUT2D eigenvalue weighted by molar-refractivity contribution is -0.123. The predicted molar refractivity (Wildman–Crippen MR) is 98.0 cm³/mol. The Kier molecular flexibility index (Phi) is 5.31. The zero-order valence-corrected chi connectivity index (χ0v) is 15.4. The molecule has 0 spiro atoms. The molecular weight excluding hydrogens is 318 g/mol. The number of hydrogen-bond acceptors (Lipinski definition) is 4. The van der Waals surface area contributed by atoms with Gasteiger partial charge in [-0.15, -0.1) is 11.3 Å². The summed E-state index contributed by atoms with van der Waals surface area (Å²) in [5, 5.41) is 6.36. The summed E-state index contributed by atoms with van der Waals surface area (Å²) in [6, 6.07) is 8.66. The Morgan fingerprint density at radius 3 is 2.62 bits per heavy atom. The van der Waals surface area contributed by atoms with Crippen LogP contribution in [0.5, 0.6) is 0 Å². The van der Waals surface area contributed by atoms with Gasteiger partial charge >= 0.3 is 0 Å². The Morgan fingerprint density at radius 1 is 1.33 bits per heavy atom. The normalized spacial score (nSPS) is 15.5. The van der Waals surface area contributed by atoms with Crippen LogP contribution in [0.1, 0.15) is 40.7 Å². The van der Waals surface area contributed by atoms with Gasteiger partial charge in [-0.25, -0.2) is 4.98 Å². The van der Waals surface area contributed by atoms with Crippen molar-refractivity contribution in [3.05, 3.63) is 51.5 Å². The molecule has 2 aromatic rings. The van der Waals surface area contributed by atoms with E-state index in [0.29, 0.717) is 19.0 Å². The minimum absolute atomic E-state index is 0.0851. The number of rotatable bonds is 7. The first-order chi connectivity index (χ1) is 11.5. The minimum Gasteiger partial charge on any atom is -0.348 e. The lowest BCUT2D eigenvalue weighted by Crippen LogP contribution is -2.37. The van der Waals surface area contributed by atoms with Crippen LogP contribution in [0.3, 0.4) is 0 Å². The first-order valence-corrected chi connectivity index (χ1v) is 9.34. The van der Waals surface area contributed by atoms with Crippen molar-refractivity contribution < 1.29 is 4.79 Å². The highest BCUT2D eigenvalue weighted by atomic mass is 32.1. The van der Waals surface area contributed by atoms with Crippen molar-refractivity contribution in [2.75, 3.05) is 13.6 Å². The highest BCUT2D eigenvalue weighted by molar-refractivity contribution is 7.09. The molecule has 1 N–H and O–H groups in total. The van der Waals surface area contributed by atoms with Gasteiger partial charge in [-0.1, -0.05) is 29.8 Å². The number of aryl methyl sites for hydroxylation is 2. The summed E-state index contributed by atoms with van der Waals surface area (Å²) in [5.41, 5.74) is 3.50. The van der Waals surface area contributed by atoms with E-state index in [1.807, 2.05) is 18.9 Å². The number of likely N-dealkylation sites (N-methyl/N-ethyl adjacent to an activating group) is 1. The molecule has 3 rings (SSSR count). The maximum absolute atomic E-state index is 12.5. The molecule has 4 nitrogen and oxygen atoms in total. The average Bonchev–Trinajstić information content (AvgIpc) is 3.29. The lowest BCUT2D eigenvalue weighted by atomic mass is 10.0. The van der Waals surface area contributed by atoms with Crippen LogP contribution in [0.25, 0.3) is 0 Å². The van der Waals surface area contributed by atoms with Crippen LogP contribution < -0.4 is 5.32 Å². The Hall–Kier alpha value is -1.72. The van der Waals surface area contributed by atoms with Crippen LogP contribution in [-0.4, -0.2) is 29.4 Å². The zero-order chi connectivity index (χ0) is 17.1. The summed E-state index contributed by atoms with van der Waals surface area (Å²) >= 11 is 1.65. The summed E-state index contributed by atoms with van der Waals surface area (Å²) < 4.78 is 0. The van der Waals surface area contributed by atoms with E-state index < -0.39 is 0 Å². The molecule has 1 aliphatic rings. The number of benzene rings is 1. The van der Waals surface area contributed by atoms with Crippen LogP contribution in [0.2, 0.25) is 0 Å². The van der Waals surface area contributed by atoms with Crippen LogP contribution >= 0.6 is 11.3 Å². The SMILES string of the molecule is Cc1ccc(C(NC(=O)CN(C)Cc2csc(C)n2)C2CC2)cc1. The molecule has 1 heterocycles. The third-order valence-corrected chi connectivity index (χ3v) is 5.18. The van der Waals surface area contributed by atoms with Gasteiger partial charge in [-0.05, 0) is 45.2 Å². The quantitative estimate of drug-likeness (QED) is 0.837. The van der Waals surface area contributed by atoms with Gasteiger partial charge in [0, 0.05) is 11.9 Å². The van der Waals surface area contributed by atoms with Gasteiger partial charge in [-0.2, -0.15) is 0 Å². The summed E-state index contributed by atoms with van der Waals surface area (Å²) in [7, 11) is 1.96. The number of carbonyl (C=O) groups excluding carboxylic acids is 1. The van der Waals surface area contributed by atoms with E-state index in [1.54, 1.807) is 11.3 Å². The number of carbonyl (C=O) groups is 1. The Bertz CT molecular complexity index is 691. The second-order valence-corrected chi connectivity index (χ2v) is 7.89. The fourth-order valence-corrected chi connectivity index (χ4v) is 3.56. The van der Waals surface area contributed by atoms with Gasteiger partial charge in [0.05, 0.1) is 23.3 Å². The van der Waals surface area contributed by atoms with E-state index in [9.17, 15) is 4.79 Å². The summed E-state index contributed by atoms with van der Waals surface area (Å²) in [6.45, 7) is 5.19. The fraction of sp³-hybridized carbons (Fsp3) is 0.474. The molecule has 24 heavy (non-hydrogen) atoms. The lowest BCUT2D eigenvalue weighted by Gasteiger charge is -2.21. The van der Waals surface area contributed by atoms with Crippen molar-refractivity contribution in [3.8, 4) is 0 Å². The third kappa shape index (κ3) is 4.65. The molecule has 1 aliphatic carbocycles. The van der Waals surface area contributed by atoms with Gasteiger partial charge in [0.15, 0.2) is 0 Å². The molecule has 0 aliphatic heterocycles.